The van der Waals surface area contributed by atoms with E-state index in [1.165, 1.54) is 4.90 Å². The average Bonchev–Trinajstić information content (AvgIpc) is 2.84. The van der Waals surface area contributed by atoms with Crippen molar-refractivity contribution in [2.45, 2.75) is 30.2 Å². The van der Waals surface area contributed by atoms with Crippen LogP contribution in [0.25, 0.3) is 0 Å². The van der Waals surface area contributed by atoms with Gasteiger partial charge in [-0.25, -0.2) is 8.10 Å². The van der Waals surface area contributed by atoms with Crippen molar-refractivity contribution in [2.24, 2.45) is 0 Å². The lowest BCUT2D eigenvalue weighted by atomic mass is 10.2. The fraction of sp³-hybridized carbons (Fsp3) is 0.583. The van der Waals surface area contributed by atoms with Crippen LogP contribution in [0.1, 0.15) is 18.5 Å². The van der Waals surface area contributed by atoms with E-state index in [1.54, 1.807) is 11.8 Å². The number of nitrogens with one attached hydrogen (secondary N) is 2. The molecule has 186 valence electrons. The second-order valence-corrected chi connectivity index (χ2v) is 10.8. The third-order valence-corrected chi connectivity index (χ3v) is 7.59. The molecule has 8 nitrogen and oxygen atoms in total. The highest BCUT2D eigenvalue weighted by Gasteiger charge is 2.21. The molecule has 3 heterocycles. The zero-order valence-electron chi connectivity index (χ0n) is 19.8. The van der Waals surface area contributed by atoms with E-state index in [4.69, 9.17) is 19.4 Å². The van der Waals surface area contributed by atoms with E-state index in [-0.39, 0.29) is 0 Å². The maximum absolute atomic E-state index is 5.83. The van der Waals surface area contributed by atoms with Gasteiger partial charge in [0.25, 0.3) is 0 Å². The number of hydrogen-bond donors (Lipinski definition) is 2. The number of nitrogens with zero attached hydrogens (tertiary/aromatic N) is 4. The highest BCUT2D eigenvalue weighted by Crippen LogP contribution is 2.20. The van der Waals surface area contributed by atoms with Gasteiger partial charge in [-0.3, -0.25) is 0 Å². The number of piperazine rings is 1. The van der Waals surface area contributed by atoms with Crippen molar-refractivity contribution in [3.8, 4) is 5.75 Å². The highest BCUT2D eigenvalue weighted by molar-refractivity contribution is 14.1. The summed E-state index contributed by atoms with van der Waals surface area (Å²) in [5, 5.41) is 7.04. The van der Waals surface area contributed by atoms with Crippen LogP contribution in [0, 0.1) is 0 Å². The van der Waals surface area contributed by atoms with Crippen LogP contribution in [0.5, 0.6) is 5.75 Å². The average molecular weight is 599 g/mol. The predicted molar refractivity (Wildman–Crippen MR) is 148 cm³/mol. The van der Waals surface area contributed by atoms with Crippen molar-refractivity contribution >= 4 is 46.4 Å². The molecule has 0 saturated carbocycles. The molecule has 0 atom stereocenters. The molecule has 2 N–H and O–H groups in total. The van der Waals surface area contributed by atoms with Crippen molar-refractivity contribution in [1.29, 1.82) is 0 Å². The summed E-state index contributed by atoms with van der Waals surface area (Å²) in [6.45, 7) is 8.13. The number of aryl methyl sites for hydroxylation is 1. The fourth-order valence-corrected chi connectivity index (χ4v) is 4.66. The van der Waals surface area contributed by atoms with Crippen LogP contribution < -0.4 is 20.3 Å². The normalized spacial score (nSPS) is 16.9. The van der Waals surface area contributed by atoms with Crippen molar-refractivity contribution in [1.82, 2.24) is 18.4 Å². The van der Waals surface area contributed by atoms with Gasteiger partial charge in [-0.15, -0.1) is 11.8 Å². The molecule has 0 spiro atoms. The molecular weight excluding hydrogens is 563 g/mol. The van der Waals surface area contributed by atoms with Crippen molar-refractivity contribution in [3.63, 3.8) is 0 Å². The zero-order valence-corrected chi connectivity index (χ0v) is 22.8. The summed E-state index contributed by atoms with van der Waals surface area (Å²) in [7, 11) is 0. The molecular formula is C24H35IN6O2S. The molecule has 4 rings (SSSR count). The monoisotopic (exact) mass is 598 g/mol. The first-order chi connectivity index (χ1) is 16.7. The number of aromatic nitrogens is 2. The Hall–Kier alpha value is -1.34. The van der Waals surface area contributed by atoms with Gasteiger partial charge in [0.05, 0.1) is 25.9 Å². The maximum Gasteiger partial charge on any atom is 0.227 e. The number of benzene rings is 1. The third kappa shape index (κ3) is 8.11. The fourth-order valence-electron chi connectivity index (χ4n) is 3.82. The van der Waals surface area contributed by atoms with Crippen LogP contribution in [0.15, 0.2) is 35.2 Å². The lowest BCUT2D eigenvalue weighted by molar-refractivity contribution is 0.0209. The van der Waals surface area contributed by atoms with Crippen LogP contribution in [-0.2, 0) is 11.2 Å². The Labute approximate surface area is 221 Å². The molecule has 1 aromatic carbocycles. The molecule has 0 amide bonds. The van der Waals surface area contributed by atoms with Crippen molar-refractivity contribution < 1.29 is 9.47 Å². The number of thioether (sulfide) groups is 1. The van der Waals surface area contributed by atoms with Gasteiger partial charge in [0, 0.05) is 65.7 Å². The summed E-state index contributed by atoms with van der Waals surface area (Å²) < 4.78 is 13.5. The predicted octanol–water partition coefficient (Wildman–Crippen LogP) is 3.47. The minimum absolute atomic E-state index is 0.356. The van der Waals surface area contributed by atoms with Gasteiger partial charge in [-0.2, -0.15) is 4.98 Å². The summed E-state index contributed by atoms with van der Waals surface area (Å²) in [6.07, 6.45) is 5.05. The summed E-state index contributed by atoms with van der Waals surface area (Å²) in [5.41, 5.74) is 1.10. The van der Waals surface area contributed by atoms with E-state index >= 15 is 0 Å². The lowest BCUT2D eigenvalue weighted by Gasteiger charge is -2.32. The first-order valence-electron chi connectivity index (χ1n) is 12.0. The molecule has 10 heteroatoms. The molecule has 0 aliphatic carbocycles. The molecule has 2 aliphatic rings. The van der Waals surface area contributed by atoms with Crippen LogP contribution in [-0.4, -0.2) is 84.5 Å². The topological polar surface area (TPSA) is 74.8 Å². The second kappa shape index (κ2) is 13.7. The van der Waals surface area contributed by atoms with E-state index in [2.05, 4.69) is 66.0 Å². The number of halogens is 1. The molecule has 2 aromatic rings. The lowest BCUT2D eigenvalue weighted by Crippen LogP contribution is -2.43. The Kier molecular flexibility index (Phi) is 10.4. The van der Waals surface area contributed by atoms with Gasteiger partial charge in [-0.1, -0.05) is 0 Å². The molecule has 2 saturated heterocycles. The SMILES string of the molecule is CSc1ccc(OCCCNCCCc2cc(NC3COC3)nc(N3CCN(I)CC3)n2)cc1. The second-order valence-electron chi connectivity index (χ2n) is 8.55. The van der Waals surface area contributed by atoms with Crippen molar-refractivity contribution in [3.05, 3.63) is 36.0 Å². The van der Waals surface area contributed by atoms with E-state index < -0.39 is 0 Å². The molecule has 0 radical (unpaired) electrons. The van der Waals surface area contributed by atoms with Gasteiger partial charge in [0.1, 0.15) is 11.6 Å². The van der Waals surface area contributed by atoms with Gasteiger partial charge >= 0.3 is 0 Å². The summed E-state index contributed by atoms with van der Waals surface area (Å²) in [5.74, 6) is 2.71. The first-order valence-corrected chi connectivity index (χ1v) is 14.2. The standard InChI is InChI=1S/C24H35IN6O2S/c1-34-22-7-5-21(6-8-22)33-15-3-10-26-9-2-4-19-16-23(27-20-17-32-18-20)29-24(28-19)30-11-13-31(25)14-12-30/h5-8,16,20,26H,2-4,9-15,17-18H2,1H3,(H,27,28,29). The molecule has 0 unspecified atom stereocenters. The van der Waals surface area contributed by atoms with Crippen LogP contribution in [0.3, 0.4) is 0 Å². The van der Waals surface area contributed by atoms with Gasteiger partial charge in [0.2, 0.25) is 5.95 Å². The molecule has 34 heavy (non-hydrogen) atoms. The quantitative estimate of drug-likeness (QED) is 0.156. The summed E-state index contributed by atoms with van der Waals surface area (Å²) in [6, 6.07) is 10.7. The van der Waals surface area contributed by atoms with Crippen LogP contribution in [0.4, 0.5) is 11.8 Å². The van der Waals surface area contributed by atoms with Gasteiger partial charge < -0.3 is 25.0 Å². The highest BCUT2D eigenvalue weighted by atomic mass is 127. The van der Waals surface area contributed by atoms with Crippen molar-refractivity contribution in [2.75, 3.05) is 75.6 Å². The van der Waals surface area contributed by atoms with E-state index in [1.807, 2.05) is 12.1 Å². The molecule has 2 fully saturated rings. The number of ether oxygens (including phenoxy) is 2. The largest absolute Gasteiger partial charge is 0.494 e. The van der Waals surface area contributed by atoms with E-state index in [0.717, 1.165) is 102 Å². The molecule has 0 bridgehead atoms. The zero-order chi connectivity index (χ0) is 23.6. The Balaban J connectivity index is 1.18. The number of hydrogen-bond acceptors (Lipinski definition) is 9. The summed E-state index contributed by atoms with van der Waals surface area (Å²) in [4.78, 5) is 13.3. The first kappa shape index (κ1) is 25.7. The number of rotatable bonds is 13. The maximum atomic E-state index is 5.83. The van der Waals surface area contributed by atoms with Gasteiger partial charge in [0.15, 0.2) is 0 Å². The Morgan fingerprint density at radius 2 is 1.85 bits per heavy atom. The minimum Gasteiger partial charge on any atom is -0.494 e. The minimum atomic E-state index is 0.356. The summed E-state index contributed by atoms with van der Waals surface area (Å²) >= 11 is 4.14. The van der Waals surface area contributed by atoms with Gasteiger partial charge in [-0.05, 0) is 62.9 Å². The smallest absolute Gasteiger partial charge is 0.227 e. The van der Waals surface area contributed by atoms with E-state index in [0.29, 0.717) is 6.04 Å². The molecule has 2 aliphatic heterocycles. The van der Waals surface area contributed by atoms with Crippen LogP contribution >= 0.6 is 34.6 Å². The number of anilines is 2. The Morgan fingerprint density at radius 3 is 2.56 bits per heavy atom. The van der Waals surface area contributed by atoms with Crippen LogP contribution in [0.2, 0.25) is 0 Å². The van der Waals surface area contributed by atoms with E-state index in [9.17, 15) is 0 Å². The Bertz CT molecular complexity index is 878. The molecule has 1 aromatic heterocycles. The third-order valence-electron chi connectivity index (χ3n) is 5.88. The Morgan fingerprint density at radius 1 is 1.09 bits per heavy atom.